The lowest BCUT2D eigenvalue weighted by Crippen LogP contribution is -2.55. The molecule has 0 saturated carbocycles. The van der Waals surface area contributed by atoms with Gasteiger partial charge in [-0.05, 0) is 17.9 Å². The van der Waals surface area contributed by atoms with Gasteiger partial charge in [0.15, 0.2) is 0 Å². The number of urea groups is 1. The van der Waals surface area contributed by atoms with Crippen molar-refractivity contribution in [3.8, 4) is 0 Å². The number of aromatic nitrogens is 2. The van der Waals surface area contributed by atoms with Crippen LogP contribution in [0.2, 0.25) is 0 Å². The van der Waals surface area contributed by atoms with Crippen LogP contribution in [0.5, 0.6) is 0 Å². The van der Waals surface area contributed by atoms with Crippen LogP contribution in [-0.4, -0.2) is 46.3 Å². The average molecular weight is 347 g/mol. The first-order chi connectivity index (χ1) is 11.6. The third-order valence-corrected chi connectivity index (χ3v) is 5.09. The van der Waals surface area contributed by atoms with Gasteiger partial charge < -0.3 is 15.1 Å². The van der Waals surface area contributed by atoms with Crippen LogP contribution >= 0.6 is 11.3 Å². The number of nitrogens with zero attached hydrogens (tertiary/aromatic N) is 4. The fourth-order valence-corrected chi connectivity index (χ4v) is 3.63. The van der Waals surface area contributed by atoms with Crippen molar-refractivity contribution < 1.29 is 9.59 Å². The fraction of sp³-hybridized carbons (Fsp3) is 0.438. The SMILES string of the molecule is CCC(NC(=O)N1CCN(c2cnn(C)c2)C(=O)C1)c1cccs1. The number of amides is 3. The first-order valence-corrected chi connectivity index (χ1v) is 8.84. The minimum atomic E-state index is -0.186. The zero-order valence-corrected chi connectivity index (χ0v) is 14.6. The molecule has 1 aliphatic heterocycles. The molecule has 1 fully saturated rings. The maximum atomic E-state index is 12.5. The molecular formula is C16H21N5O2S. The normalized spacial score (nSPS) is 16.3. The van der Waals surface area contributed by atoms with Gasteiger partial charge in [0, 0.05) is 31.2 Å². The number of thiophene rings is 1. The van der Waals surface area contributed by atoms with Gasteiger partial charge >= 0.3 is 6.03 Å². The average Bonchev–Trinajstić information content (AvgIpc) is 3.24. The number of hydrogen-bond donors (Lipinski definition) is 1. The number of rotatable bonds is 4. The van der Waals surface area contributed by atoms with Gasteiger partial charge in [0.2, 0.25) is 5.91 Å². The van der Waals surface area contributed by atoms with Crippen LogP contribution < -0.4 is 10.2 Å². The molecule has 3 rings (SSSR count). The molecule has 1 saturated heterocycles. The molecule has 128 valence electrons. The van der Waals surface area contributed by atoms with Gasteiger partial charge in [0.25, 0.3) is 0 Å². The van der Waals surface area contributed by atoms with E-state index in [4.69, 9.17) is 0 Å². The molecule has 1 atom stereocenters. The molecule has 24 heavy (non-hydrogen) atoms. The predicted octanol–water partition coefficient (Wildman–Crippen LogP) is 1.99. The molecule has 2 aromatic rings. The second-order valence-electron chi connectivity index (χ2n) is 5.76. The van der Waals surface area contributed by atoms with E-state index in [1.165, 1.54) is 0 Å². The van der Waals surface area contributed by atoms with Crippen molar-refractivity contribution in [1.82, 2.24) is 20.0 Å². The molecule has 0 aliphatic carbocycles. The highest BCUT2D eigenvalue weighted by molar-refractivity contribution is 7.10. The van der Waals surface area contributed by atoms with E-state index < -0.39 is 0 Å². The lowest BCUT2D eigenvalue weighted by molar-refractivity contribution is -0.120. The Morgan fingerprint density at radius 2 is 2.29 bits per heavy atom. The minimum absolute atomic E-state index is 0.0102. The number of hydrogen-bond acceptors (Lipinski definition) is 4. The van der Waals surface area contributed by atoms with Crippen LogP contribution in [0, 0.1) is 0 Å². The van der Waals surface area contributed by atoms with E-state index >= 15 is 0 Å². The number of nitrogens with one attached hydrogen (secondary N) is 1. The highest BCUT2D eigenvalue weighted by atomic mass is 32.1. The third kappa shape index (κ3) is 3.43. The largest absolute Gasteiger partial charge is 0.330 e. The van der Waals surface area contributed by atoms with E-state index in [2.05, 4.69) is 10.4 Å². The van der Waals surface area contributed by atoms with Crippen molar-refractivity contribution in [2.45, 2.75) is 19.4 Å². The summed E-state index contributed by atoms with van der Waals surface area (Å²) in [4.78, 5) is 29.2. The summed E-state index contributed by atoms with van der Waals surface area (Å²) < 4.78 is 1.66. The summed E-state index contributed by atoms with van der Waals surface area (Å²) in [6.07, 6.45) is 4.28. The molecule has 0 radical (unpaired) electrons. The molecular weight excluding hydrogens is 326 g/mol. The van der Waals surface area contributed by atoms with Crippen LogP contribution in [0.15, 0.2) is 29.9 Å². The topological polar surface area (TPSA) is 70.5 Å². The summed E-state index contributed by atoms with van der Waals surface area (Å²) >= 11 is 1.63. The van der Waals surface area contributed by atoms with Gasteiger partial charge in [0.1, 0.15) is 6.54 Å². The molecule has 8 heteroatoms. The Labute approximate surface area is 144 Å². The van der Waals surface area contributed by atoms with Gasteiger partial charge in [0.05, 0.1) is 17.9 Å². The Morgan fingerprint density at radius 3 is 2.88 bits per heavy atom. The Morgan fingerprint density at radius 1 is 1.46 bits per heavy atom. The number of anilines is 1. The summed E-state index contributed by atoms with van der Waals surface area (Å²) in [6.45, 7) is 3.11. The molecule has 3 heterocycles. The third-order valence-electron chi connectivity index (χ3n) is 4.10. The molecule has 2 aromatic heterocycles. The van der Waals surface area contributed by atoms with Gasteiger partial charge in [-0.15, -0.1) is 11.3 Å². The molecule has 3 amide bonds. The highest BCUT2D eigenvalue weighted by Crippen LogP contribution is 2.22. The van der Waals surface area contributed by atoms with E-state index in [-0.39, 0.29) is 24.5 Å². The summed E-state index contributed by atoms with van der Waals surface area (Å²) in [5.41, 5.74) is 0.771. The van der Waals surface area contributed by atoms with E-state index in [0.717, 1.165) is 17.0 Å². The van der Waals surface area contributed by atoms with Crippen molar-refractivity contribution in [2.75, 3.05) is 24.5 Å². The number of carbonyl (C=O) groups excluding carboxylic acids is 2. The lowest BCUT2D eigenvalue weighted by Gasteiger charge is -2.34. The van der Waals surface area contributed by atoms with Crippen molar-refractivity contribution >= 4 is 29.0 Å². The van der Waals surface area contributed by atoms with E-state index in [1.54, 1.807) is 38.2 Å². The van der Waals surface area contributed by atoms with E-state index in [0.29, 0.717) is 13.1 Å². The van der Waals surface area contributed by atoms with E-state index in [9.17, 15) is 9.59 Å². The number of piperazine rings is 1. The molecule has 1 N–H and O–H groups in total. The van der Waals surface area contributed by atoms with Gasteiger partial charge in [-0.1, -0.05) is 13.0 Å². The molecule has 1 unspecified atom stereocenters. The van der Waals surface area contributed by atoms with Crippen LogP contribution in [0.4, 0.5) is 10.5 Å². The summed E-state index contributed by atoms with van der Waals surface area (Å²) in [5, 5.41) is 9.12. The lowest BCUT2D eigenvalue weighted by atomic mass is 10.2. The summed E-state index contributed by atoms with van der Waals surface area (Å²) in [7, 11) is 1.81. The maximum Gasteiger partial charge on any atom is 0.318 e. The van der Waals surface area contributed by atoms with Crippen molar-refractivity contribution in [3.05, 3.63) is 34.8 Å². The molecule has 0 bridgehead atoms. The van der Waals surface area contributed by atoms with Gasteiger partial charge in [-0.2, -0.15) is 5.10 Å². The Hall–Kier alpha value is -2.35. The van der Waals surface area contributed by atoms with Crippen LogP contribution in [0.3, 0.4) is 0 Å². The predicted molar refractivity (Wildman–Crippen MR) is 93.0 cm³/mol. The standard InChI is InChI=1S/C16H21N5O2S/c1-3-13(14-5-4-8-24-14)18-16(23)20-6-7-21(15(22)11-20)12-9-17-19(2)10-12/h4-5,8-10,13H,3,6-7,11H2,1-2H3,(H,18,23). The smallest absolute Gasteiger partial charge is 0.318 e. The highest BCUT2D eigenvalue weighted by Gasteiger charge is 2.29. The molecule has 0 spiro atoms. The minimum Gasteiger partial charge on any atom is -0.330 e. The second-order valence-corrected chi connectivity index (χ2v) is 6.74. The molecule has 7 nitrogen and oxygen atoms in total. The zero-order valence-electron chi connectivity index (χ0n) is 13.8. The Balaban J connectivity index is 1.60. The van der Waals surface area contributed by atoms with Crippen molar-refractivity contribution in [2.24, 2.45) is 7.05 Å². The van der Waals surface area contributed by atoms with Crippen LogP contribution in [0.25, 0.3) is 0 Å². The summed E-state index contributed by atoms with van der Waals surface area (Å²) in [5.74, 6) is -0.0893. The quantitative estimate of drug-likeness (QED) is 0.919. The number of aryl methyl sites for hydroxylation is 1. The fourth-order valence-electron chi connectivity index (χ4n) is 2.77. The number of carbonyl (C=O) groups is 2. The second kappa shape index (κ2) is 7.04. The first-order valence-electron chi connectivity index (χ1n) is 7.96. The van der Waals surface area contributed by atoms with Crippen molar-refractivity contribution in [1.29, 1.82) is 0 Å². The molecule has 0 aromatic carbocycles. The first kappa shape index (κ1) is 16.5. The van der Waals surface area contributed by atoms with Crippen LogP contribution in [-0.2, 0) is 11.8 Å². The van der Waals surface area contributed by atoms with Gasteiger partial charge in [-0.25, -0.2) is 4.79 Å². The monoisotopic (exact) mass is 347 g/mol. The Kier molecular flexibility index (Phi) is 4.84. The van der Waals surface area contributed by atoms with Crippen molar-refractivity contribution in [3.63, 3.8) is 0 Å². The molecule has 1 aliphatic rings. The Bertz CT molecular complexity index is 712. The maximum absolute atomic E-state index is 12.5. The van der Waals surface area contributed by atoms with E-state index in [1.807, 2.05) is 31.5 Å². The van der Waals surface area contributed by atoms with Gasteiger partial charge in [-0.3, -0.25) is 9.48 Å². The summed E-state index contributed by atoms with van der Waals surface area (Å²) in [6, 6.07) is 3.80. The van der Waals surface area contributed by atoms with Crippen LogP contribution in [0.1, 0.15) is 24.3 Å². The zero-order chi connectivity index (χ0) is 17.1.